The normalized spacial score (nSPS) is 14.0. The lowest BCUT2D eigenvalue weighted by molar-refractivity contribution is 0.597. The van der Waals surface area contributed by atoms with E-state index in [2.05, 4.69) is 45.5 Å². The lowest BCUT2D eigenvalue weighted by Gasteiger charge is -2.18. The van der Waals surface area contributed by atoms with Gasteiger partial charge < -0.3 is 4.90 Å². The van der Waals surface area contributed by atoms with E-state index in [1.165, 1.54) is 10.6 Å². The topological polar surface area (TPSA) is 34.0 Å². The average molecular weight is 268 g/mol. The molecule has 0 saturated heterocycles. The van der Waals surface area contributed by atoms with Gasteiger partial charge in [0.2, 0.25) is 0 Å². The van der Waals surface area contributed by atoms with Crippen LogP contribution in [0, 0.1) is 0 Å². The number of fused-ring (bicyclic) bond motifs is 2. The highest BCUT2D eigenvalue weighted by Gasteiger charge is 2.19. The number of aromatic nitrogens is 3. The van der Waals surface area contributed by atoms with Crippen LogP contribution >= 0.6 is 11.8 Å². The van der Waals surface area contributed by atoms with Crippen LogP contribution in [0.1, 0.15) is 0 Å². The van der Waals surface area contributed by atoms with E-state index in [9.17, 15) is 0 Å². The molecule has 3 aromatic rings. The van der Waals surface area contributed by atoms with Gasteiger partial charge in [-0.2, -0.15) is 0 Å². The zero-order valence-electron chi connectivity index (χ0n) is 10.2. The fraction of sp³-hybridized carbons (Fsp3) is 0.143. The molecule has 0 N–H and O–H groups in total. The van der Waals surface area contributed by atoms with Crippen molar-refractivity contribution in [1.82, 2.24) is 15.0 Å². The molecule has 0 amide bonds. The molecule has 4 nitrogen and oxygen atoms in total. The molecule has 0 radical (unpaired) electrons. The Balaban J connectivity index is 1.70. The first kappa shape index (κ1) is 10.9. The van der Waals surface area contributed by atoms with Crippen molar-refractivity contribution in [2.45, 2.75) is 11.6 Å². The summed E-state index contributed by atoms with van der Waals surface area (Å²) in [5.41, 5.74) is 3.31. The Morgan fingerprint density at radius 1 is 1.05 bits per heavy atom. The smallest absolute Gasteiger partial charge is 0.115 e. The number of para-hydroxylation sites is 2. The molecule has 0 unspecified atom stereocenters. The van der Waals surface area contributed by atoms with Gasteiger partial charge in [0.25, 0.3) is 0 Å². The molecule has 0 bridgehead atoms. The Bertz CT molecular complexity index is 737. The lowest BCUT2D eigenvalue weighted by Crippen LogP contribution is -2.23. The number of benzene rings is 2. The lowest BCUT2D eigenvalue weighted by atomic mass is 10.3. The van der Waals surface area contributed by atoms with Crippen LogP contribution in [0.5, 0.6) is 0 Å². The van der Waals surface area contributed by atoms with Crippen molar-refractivity contribution >= 4 is 28.5 Å². The number of thioether (sulfide) groups is 1. The monoisotopic (exact) mass is 268 g/mol. The van der Waals surface area contributed by atoms with E-state index in [-0.39, 0.29) is 0 Å². The Kier molecular flexibility index (Phi) is 2.45. The van der Waals surface area contributed by atoms with Crippen molar-refractivity contribution in [3.63, 3.8) is 0 Å². The van der Waals surface area contributed by atoms with Gasteiger partial charge in [-0.3, -0.25) is 0 Å². The van der Waals surface area contributed by atoms with Gasteiger partial charge in [-0.25, -0.2) is 4.68 Å². The van der Waals surface area contributed by atoms with Crippen LogP contribution in [0.25, 0.3) is 11.0 Å². The largest absolute Gasteiger partial charge is 0.341 e. The van der Waals surface area contributed by atoms with Crippen LogP contribution in [-0.4, -0.2) is 20.9 Å². The van der Waals surface area contributed by atoms with E-state index in [1.807, 2.05) is 34.6 Å². The molecule has 1 aromatic heterocycles. The molecule has 2 heterocycles. The van der Waals surface area contributed by atoms with E-state index in [0.29, 0.717) is 0 Å². The first-order valence-electron chi connectivity index (χ1n) is 6.17. The summed E-state index contributed by atoms with van der Waals surface area (Å²) < 4.78 is 1.96. The van der Waals surface area contributed by atoms with Crippen molar-refractivity contribution in [3.05, 3.63) is 48.5 Å². The minimum atomic E-state index is 0.741. The van der Waals surface area contributed by atoms with Crippen LogP contribution in [0.4, 0.5) is 5.69 Å². The Morgan fingerprint density at radius 2 is 1.89 bits per heavy atom. The van der Waals surface area contributed by atoms with Crippen LogP contribution in [0.15, 0.2) is 53.4 Å². The Morgan fingerprint density at radius 3 is 2.89 bits per heavy atom. The molecule has 0 aliphatic carbocycles. The van der Waals surface area contributed by atoms with Crippen molar-refractivity contribution in [2.24, 2.45) is 0 Å². The van der Waals surface area contributed by atoms with Crippen molar-refractivity contribution in [1.29, 1.82) is 0 Å². The van der Waals surface area contributed by atoms with E-state index in [0.717, 1.165) is 23.6 Å². The molecule has 4 rings (SSSR count). The summed E-state index contributed by atoms with van der Waals surface area (Å²) in [5.74, 6) is 0.966. The molecule has 0 fully saturated rings. The van der Waals surface area contributed by atoms with Crippen LogP contribution in [0.3, 0.4) is 0 Å². The maximum absolute atomic E-state index is 4.25. The van der Waals surface area contributed by atoms with Gasteiger partial charge in [0, 0.05) is 4.90 Å². The van der Waals surface area contributed by atoms with E-state index in [4.69, 9.17) is 0 Å². The second-order valence-corrected chi connectivity index (χ2v) is 5.49. The van der Waals surface area contributed by atoms with Gasteiger partial charge in [-0.1, -0.05) is 29.5 Å². The summed E-state index contributed by atoms with van der Waals surface area (Å²) in [4.78, 5) is 3.66. The summed E-state index contributed by atoms with van der Waals surface area (Å²) >= 11 is 1.87. The van der Waals surface area contributed by atoms with Crippen molar-refractivity contribution in [3.8, 4) is 0 Å². The number of hydrogen-bond acceptors (Lipinski definition) is 4. The standard InChI is InChI=1S/C14H12N4S/c1-2-6-12-11(5-1)15-16-18(12)9-17-10-19-14-8-4-3-7-13(14)17/h1-8H,9-10H2. The summed E-state index contributed by atoms with van der Waals surface area (Å²) in [6.07, 6.45) is 0. The predicted molar refractivity (Wildman–Crippen MR) is 77.2 cm³/mol. The molecule has 0 atom stereocenters. The van der Waals surface area contributed by atoms with Gasteiger partial charge in [0.15, 0.2) is 0 Å². The fourth-order valence-electron chi connectivity index (χ4n) is 2.36. The van der Waals surface area contributed by atoms with E-state index >= 15 is 0 Å². The molecule has 5 heteroatoms. The minimum Gasteiger partial charge on any atom is -0.341 e. The summed E-state index contributed by atoms with van der Waals surface area (Å²) in [7, 11) is 0. The van der Waals surface area contributed by atoms with E-state index < -0.39 is 0 Å². The zero-order chi connectivity index (χ0) is 12.7. The molecule has 1 aliphatic rings. The predicted octanol–water partition coefficient (Wildman–Crippen LogP) is 2.96. The summed E-state index contributed by atoms with van der Waals surface area (Å²) in [6, 6.07) is 16.6. The molecule has 19 heavy (non-hydrogen) atoms. The number of hydrogen-bond donors (Lipinski definition) is 0. The summed E-state index contributed by atoms with van der Waals surface area (Å²) in [6.45, 7) is 0.741. The molecule has 94 valence electrons. The maximum atomic E-state index is 4.25. The average Bonchev–Trinajstić information content (AvgIpc) is 3.05. The molecule has 0 saturated carbocycles. The zero-order valence-corrected chi connectivity index (χ0v) is 11.0. The van der Waals surface area contributed by atoms with Gasteiger partial charge in [-0.05, 0) is 24.3 Å². The van der Waals surface area contributed by atoms with Gasteiger partial charge in [0.05, 0.1) is 17.1 Å². The van der Waals surface area contributed by atoms with Gasteiger partial charge >= 0.3 is 0 Å². The number of rotatable bonds is 2. The quantitative estimate of drug-likeness (QED) is 0.715. The maximum Gasteiger partial charge on any atom is 0.115 e. The molecule has 2 aromatic carbocycles. The van der Waals surface area contributed by atoms with Crippen LogP contribution in [-0.2, 0) is 6.67 Å². The van der Waals surface area contributed by atoms with Crippen molar-refractivity contribution in [2.75, 3.05) is 10.8 Å². The molecule has 1 aliphatic heterocycles. The molecule has 0 spiro atoms. The first-order valence-corrected chi connectivity index (χ1v) is 7.15. The third kappa shape index (κ3) is 1.77. The Labute approximate surface area is 115 Å². The van der Waals surface area contributed by atoms with E-state index in [1.54, 1.807) is 0 Å². The fourth-order valence-corrected chi connectivity index (χ4v) is 3.39. The molecular weight excluding hydrogens is 256 g/mol. The third-order valence-corrected chi connectivity index (χ3v) is 4.40. The summed E-state index contributed by atoms with van der Waals surface area (Å²) in [5, 5.41) is 8.44. The number of anilines is 1. The second-order valence-electron chi connectivity index (χ2n) is 4.50. The van der Waals surface area contributed by atoms with Crippen LogP contribution < -0.4 is 4.90 Å². The number of nitrogens with zero attached hydrogens (tertiary/aromatic N) is 4. The molecular formula is C14H12N4S. The Hall–Kier alpha value is -2.01. The highest BCUT2D eigenvalue weighted by Crippen LogP contribution is 2.38. The van der Waals surface area contributed by atoms with Gasteiger partial charge in [-0.15, -0.1) is 16.9 Å². The highest BCUT2D eigenvalue weighted by molar-refractivity contribution is 7.99. The van der Waals surface area contributed by atoms with Crippen LogP contribution in [0.2, 0.25) is 0 Å². The van der Waals surface area contributed by atoms with Crippen molar-refractivity contribution < 1.29 is 0 Å². The second kappa shape index (κ2) is 4.28. The highest BCUT2D eigenvalue weighted by atomic mass is 32.2. The van der Waals surface area contributed by atoms with Gasteiger partial charge in [0.1, 0.15) is 12.2 Å². The minimum absolute atomic E-state index is 0.741. The third-order valence-electron chi connectivity index (χ3n) is 3.31. The first-order chi connectivity index (χ1) is 9.42. The SMILES string of the molecule is c1ccc2c(c1)SCN2Cn1nnc2ccccc21.